The summed E-state index contributed by atoms with van der Waals surface area (Å²) in [5.74, 6) is 0.958. The van der Waals surface area contributed by atoms with Gasteiger partial charge in [0.1, 0.15) is 17.4 Å². The van der Waals surface area contributed by atoms with Crippen molar-refractivity contribution in [2.75, 3.05) is 6.61 Å². The number of hydrogen-bond donors (Lipinski definition) is 0. The molecule has 1 aromatic heterocycles. The van der Waals surface area contributed by atoms with Gasteiger partial charge in [-0.25, -0.2) is 14.4 Å². The predicted molar refractivity (Wildman–Crippen MR) is 83.9 cm³/mol. The Labute approximate surface area is 134 Å². The molecule has 23 heavy (non-hydrogen) atoms. The normalized spacial score (nSPS) is 22.7. The van der Waals surface area contributed by atoms with Crippen LogP contribution in [0.2, 0.25) is 0 Å². The standard InChI is InChI=1S/C18H19FN2O2/c1-11-17(9-20-13(3)21-11)23-10-18(8-16(18)12(2)22)14-5-4-6-15(19)7-14/h4-7,9,16H,8,10H2,1-3H3/t16-,18+/m0/s1. The van der Waals surface area contributed by atoms with Crippen LogP contribution in [0.5, 0.6) is 5.75 Å². The molecule has 0 spiro atoms. The number of aryl methyl sites for hydroxylation is 2. The maximum Gasteiger partial charge on any atom is 0.158 e. The topological polar surface area (TPSA) is 52.1 Å². The fourth-order valence-electron chi connectivity index (χ4n) is 3.12. The van der Waals surface area contributed by atoms with E-state index in [2.05, 4.69) is 9.97 Å². The Kier molecular flexibility index (Phi) is 3.88. The molecule has 1 aromatic carbocycles. The highest BCUT2D eigenvalue weighted by molar-refractivity contribution is 5.84. The molecule has 0 N–H and O–H groups in total. The first-order valence-corrected chi connectivity index (χ1v) is 7.62. The van der Waals surface area contributed by atoms with E-state index in [0.29, 0.717) is 24.6 Å². The summed E-state index contributed by atoms with van der Waals surface area (Å²) >= 11 is 0. The van der Waals surface area contributed by atoms with Crippen LogP contribution in [-0.4, -0.2) is 22.4 Å². The third-order valence-corrected chi connectivity index (χ3v) is 4.51. The lowest BCUT2D eigenvalue weighted by Gasteiger charge is -2.19. The molecule has 0 unspecified atom stereocenters. The number of nitrogens with zero attached hydrogens (tertiary/aromatic N) is 2. The predicted octanol–water partition coefficient (Wildman–Crippen LogP) is 3.16. The Hall–Kier alpha value is -2.30. The summed E-state index contributed by atoms with van der Waals surface area (Å²) in [6, 6.07) is 6.42. The SMILES string of the molecule is CC(=O)[C@@H]1C[C@@]1(COc1cnc(C)nc1C)c1cccc(F)c1. The van der Waals surface area contributed by atoms with Gasteiger partial charge >= 0.3 is 0 Å². The molecule has 3 rings (SSSR count). The van der Waals surface area contributed by atoms with E-state index in [0.717, 1.165) is 11.3 Å². The first-order valence-electron chi connectivity index (χ1n) is 7.62. The largest absolute Gasteiger partial charge is 0.489 e. The molecule has 0 amide bonds. The van der Waals surface area contributed by atoms with Gasteiger partial charge in [0.25, 0.3) is 0 Å². The second kappa shape index (κ2) is 5.72. The Morgan fingerprint density at radius 3 is 2.83 bits per heavy atom. The van der Waals surface area contributed by atoms with Gasteiger partial charge in [0.05, 0.1) is 18.5 Å². The van der Waals surface area contributed by atoms with Gasteiger partial charge in [0.2, 0.25) is 0 Å². The number of carbonyl (C=O) groups excluding carboxylic acids is 1. The van der Waals surface area contributed by atoms with Crippen LogP contribution in [0, 0.1) is 25.6 Å². The molecule has 0 aliphatic heterocycles. The van der Waals surface area contributed by atoms with E-state index in [1.807, 2.05) is 19.9 Å². The van der Waals surface area contributed by atoms with E-state index in [1.165, 1.54) is 12.1 Å². The van der Waals surface area contributed by atoms with E-state index in [-0.39, 0.29) is 17.5 Å². The molecular weight excluding hydrogens is 295 g/mol. The lowest BCUT2D eigenvalue weighted by Crippen LogP contribution is -2.23. The van der Waals surface area contributed by atoms with Crippen LogP contribution in [0.1, 0.15) is 30.4 Å². The minimum atomic E-state index is -0.453. The van der Waals surface area contributed by atoms with E-state index in [1.54, 1.807) is 19.2 Å². The Balaban J connectivity index is 1.85. The van der Waals surface area contributed by atoms with Crippen LogP contribution < -0.4 is 4.74 Å². The molecule has 1 aliphatic rings. The van der Waals surface area contributed by atoms with Crippen molar-refractivity contribution in [3.8, 4) is 5.75 Å². The number of Topliss-reactive ketones (excluding diaryl/α,β-unsaturated/α-hetero) is 1. The fourth-order valence-corrected chi connectivity index (χ4v) is 3.12. The smallest absolute Gasteiger partial charge is 0.158 e. The molecule has 2 aromatic rings. The number of halogens is 1. The average molecular weight is 314 g/mol. The molecule has 0 saturated heterocycles. The van der Waals surface area contributed by atoms with Gasteiger partial charge in [-0.1, -0.05) is 12.1 Å². The van der Waals surface area contributed by atoms with Gasteiger partial charge in [-0.15, -0.1) is 0 Å². The molecule has 2 atom stereocenters. The summed E-state index contributed by atoms with van der Waals surface area (Å²) in [5.41, 5.74) is 1.11. The lowest BCUT2D eigenvalue weighted by atomic mass is 9.93. The number of ketones is 1. The van der Waals surface area contributed by atoms with Crippen molar-refractivity contribution in [3.05, 3.63) is 53.4 Å². The molecule has 120 valence electrons. The molecule has 1 fully saturated rings. The Bertz CT molecular complexity index is 762. The molecule has 4 nitrogen and oxygen atoms in total. The third kappa shape index (κ3) is 2.96. The highest BCUT2D eigenvalue weighted by Gasteiger charge is 2.58. The van der Waals surface area contributed by atoms with Gasteiger partial charge in [-0.05, 0) is 44.9 Å². The molecule has 0 bridgehead atoms. The molecule has 5 heteroatoms. The zero-order chi connectivity index (χ0) is 16.6. The van der Waals surface area contributed by atoms with E-state index < -0.39 is 5.41 Å². The van der Waals surface area contributed by atoms with Gasteiger partial charge in [0, 0.05) is 11.3 Å². The van der Waals surface area contributed by atoms with Crippen molar-refractivity contribution in [2.45, 2.75) is 32.6 Å². The second-order valence-corrected chi connectivity index (χ2v) is 6.19. The van der Waals surface area contributed by atoms with Crippen LogP contribution in [0.3, 0.4) is 0 Å². The van der Waals surface area contributed by atoms with Crippen LogP contribution in [0.25, 0.3) is 0 Å². The first kappa shape index (κ1) is 15.6. The van der Waals surface area contributed by atoms with Crippen LogP contribution >= 0.6 is 0 Å². The first-order chi connectivity index (χ1) is 10.9. The van der Waals surface area contributed by atoms with Gasteiger partial charge in [-0.2, -0.15) is 0 Å². The van der Waals surface area contributed by atoms with Crippen molar-refractivity contribution in [3.63, 3.8) is 0 Å². The van der Waals surface area contributed by atoms with Crippen molar-refractivity contribution >= 4 is 5.78 Å². The summed E-state index contributed by atoms with van der Waals surface area (Å²) in [5, 5.41) is 0. The minimum Gasteiger partial charge on any atom is -0.489 e. The monoisotopic (exact) mass is 314 g/mol. The van der Waals surface area contributed by atoms with Gasteiger partial charge < -0.3 is 4.74 Å². The summed E-state index contributed by atoms with van der Waals surface area (Å²) in [6.45, 7) is 5.56. The van der Waals surface area contributed by atoms with E-state index in [4.69, 9.17) is 4.74 Å². The van der Waals surface area contributed by atoms with Crippen molar-refractivity contribution in [1.82, 2.24) is 9.97 Å². The lowest BCUT2D eigenvalue weighted by molar-refractivity contribution is -0.118. The quantitative estimate of drug-likeness (QED) is 0.850. The highest BCUT2D eigenvalue weighted by atomic mass is 19.1. The summed E-state index contributed by atoms with van der Waals surface area (Å²) in [6.07, 6.45) is 2.32. The molecule has 0 radical (unpaired) electrons. The maximum absolute atomic E-state index is 13.6. The van der Waals surface area contributed by atoms with Crippen LogP contribution in [0.4, 0.5) is 4.39 Å². The zero-order valence-corrected chi connectivity index (χ0v) is 13.5. The number of aromatic nitrogens is 2. The maximum atomic E-state index is 13.6. The van der Waals surface area contributed by atoms with Crippen molar-refractivity contribution in [1.29, 1.82) is 0 Å². The second-order valence-electron chi connectivity index (χ2n) is 6.19. The number of benzene rings is 1. The van der Waals surface area contributed by atoms with Gasteiger partial charge in [-0.3, -0.25) is 4.79 Å². The Morgan fingerprint density at radius 1 is 1.43 bits per heavy atom. The number of ether oxygens (including phenoxy) is 1. The van der Waals surface area contributed by atoms with E-state index in [9.17, 15) is 9.18 Å². The van der Waals surface area contributed by atoms with E-state index >= 15 is 0 Å². The fraction of sp³-hybridized carbons (Fsp3) is 0.389. The third-order valence-electron chi connectivity index (χ3n) is 4.51. The van der Waals surface area contributed by atoms with Crippen LogP contribution in [0.15, 0.2) is 30.5 Å². The summed E-state index contributed by atoms with van der Waals surface area (Å²) in [7, 11) is 0. The summed E-state index contributed by atoms with van der Waals surface area (Å²) in [4.78, 5) is 20.2. The van der Waals surface area contributed by atoms with Gasteiger partial charge in [0.15, 0.2) is 5.75 Å². The highest BCUT2D eigenvalue weighted by Crippen LogP contribution is 2.55. The summed E-state index contributed by atoms with van der Waals surface area (Å²) < 4.78 is 19.5. The molecule has 1 heterocycles. The Morgan fingerprint density at radius 2 is 2.22 bits per heavy atom. The number of hydrogen-bond acceptors (Lipinski definition) is 4. The molecule has 1 aliphatic carbocycles. The van der Waals surface area contributed by atoms with Crippen molar-refractivity contribution in [2.24, 2.45) is 5.92 Å². The molecule has 1 saturated carbocycles. The number of carbonyl (C=O) groups is 1. The minimum absolute atomic E-state index is 0.106. The number of rotatable bonds is 5. The van der Waals surface area contributed by atoms with Crippen LogP contribution in [-0.2, 0) is 10.2 Å². The molecular formula is C18H19FN2O2. The van der Waals surface area contributed by atoms with Crippen molar-refractivity contribution < 1.29 is 13.9 Å². The zero-order valence-electron chi connectivity index (χ0n) is 13.5. The average Bonchev–Trinajstić information content (AvgIpc) is 3.23.